The minimum absolute atomic E-state index is 0.0622. The van der Waals surface area contributed by atoms with Crippen molar-refractivity contribution in [2.75, 3.05) is 6.54 Å². The van der Waals surface area contributed by atoms with Crippen LogP contribution in [0.2, 0.25) is 0 Å². The van der Waals surface area contributed by atoms with Crippen LogP contribution >= 0.6 is 15.9 Å². The molecule has 1 N–H and O–H groups in total. The number of rotatable bonds is 0. The van der Waals surface area contributed by atoms with E-state index in [1.807, 2.05) is 19.2 Å². The standard InChI is InChI=1S/C14H12BrN3O/c1-8-11-7-17-3-2-4-18(11)13-10(15)5-9(6-16)14(19)12(8)13/h5,7,19H,2-4H2,1H3. The van der Waals surface area contributed by atoms with Crippen LogP contribution in [0.4, 0.5) is 0 Å². The lowest BCUT2D eigenvalue weighted by atomic mass is 10.1. The molecule has 0 saturated heterocycles. The summed E-state index contributed by atoms with van der Waals surface area (Å²) >= 11 is 3.51. The monoisotopic (exact) mass is 317 g/mol. The van der Waals surface area contributed by atoms with E-state index in [2.05, 4.69) is 25.5 Å². The summed E-state index contributed by atoms with van der Waals surface area (Å²) in [6.45, 7) is 3.64. The van der Waals surface area contributed by atoms with Crippen molar-refractivity contribution in [1.82, 2.24) is 4.57 Å². The van der Waals surface area contributed by atoms with E-state index in [-0.39, 0.29) is 5.75 Å². The Labute approximate surface area is 119 Å². The highest BCUT2D eigenvalue weighted by Gasteiger charge is 2.21. The first kappa shape index (κ1) is 12.2. The van der Waals surface area contributed by atoms with Crippen LogP contribution in [-0.4, -0.2) is 22.4 Å². The van der Waals surface area contributed by atoms with Crippen molar-refractivity contribution < 1.29 is 5.11 Å². The summed E-state index contributed by atoms with van der Waals surface area (Å²) < 4.78 is 2.99. The molecule has 5 heteroatoms. The summed E-state index contributed by atoms with van der Waals surface area (Å²) in [6.07, 6.45) is 2.83. The molecule has 0 amide bonds. The van der Waals surface area contributed by atoms with Gasteiger partial charge in [-0.15, -0.1) is 0 Å². The first-order chi connectivity index (χ1) is 9.15. The van der Waals surface area contributed by atoms with Crippen LogP contribution in [0.15, 0.2) is 15.5 Å². The van der Waals surface area contributed by atoms with Gasteiger partial charge in [-0.2, -0.15) is 5.26 Å². The third-order valence-corrected chi connectivity index (χ3v) is 4.15. The first-order valence-corrected chi connectivity index (χ1v) is 6.88. The van der Waals surface area contributed by atoms with Crippen molar-refractivity contribution in [3.05, 3.63) is 27.4 Å². The Morgan fingerprint density at radius 2 is 2.32 bits per heavy atom. The smallest absolute Gasteiger partial charge is 0.143 e. The van der Waals surface area contributed by atoms with Crippen LogP contribution in [-0.2, 0) is 6.54 Å². The van der Waals surface area contributed by atoms with E-state index in [4.69, 9.17) is 5.26 Å². The molecule has 0 radical (unpaired) electrons. The Bertz CT molecular complexity index is 753. The van der Waals surface area contributed by atoms with Crippen molar-refractivity contribution >= 4 is 33.0 Å². The predicted octanol–water partition coefficient (Wildman–Crippen LogP) is 3.11. The molecule has 0 bridgehead atoms. The van der Waals surface area contributed by atoms with E-state index in [1.165, 1.54) is 0 Å². The Morgan fingerprint density at radius 1 is 1.53 bits per heavy atom. The highest BCUT2D eigenvalue weighted by molar-refractivity contribution is 9.10. The number of aromatic hydroxyl groups is 1. The summed E-state index contributed by atoms with van der Waals surface area (Å²) in [7, 11) is 0. The molecule has 0 atom stereocenters. The molecule has 0 fully saturated rings. The second kappa shape index (κ2) is 4.39. The number of aryl methyl sites for hydroxylation is 2. The molecule has 2 aromatic rings. The van der Waals surface area contributed by atoms with Crippen LogP contribution in [0.3, 0.4) is 0 Å². The van der Waals surface area contributed by atoms with Crippen LogP contribution in [0.5, 0.6) is 5.75 Å². The molecule has 96 valence electrons. The quantitative estimate of drug-likeness (QED) is 0.811. The number of phenols is 1. The van der Waals surface area contributed by atoms with E-state index in [0.717, 1.165) is 46.1 Å². The van der Waals surface area contributed by atoms with Gasteiger partial charge >= 0.3 is 0 Å². The van der Waals surface area contributed by atoms with Crippen molar-refractivity contribution in [2.24, 2.45) is 4.99 Å². The topological polar surface area (TPSA) is 61.3 Å². The lowest BCUT2D eigenvalue weighted by molar-refractivity contribution is 0.479. The van der Waals surface area contributed by atoms with E-state index in [1.54, 1.807) is 6.07 Å². The molecular weight excluding hydrogens is 306 g/mol. The minimum Gasteiger partial charge on any atom is -0.506 e. The largest absolute Gasteiger partial charge is 0.506 e. The average Bonchev–Trinajstić information content (AvgIpc) is 2.57. The van der Waals surface area contributed by atoms with Gasteiger partial charge < -0.3 is 9.67 Å². The van der Waals surface area contributed by atoms with Gasteiger partial charge in [0.25, 0.3) is 0 Å². The zero-order valence-electron chi connectivity index (χ0n) is 10.4. The van der Waals surface area contributed by atoms with E-state index < -0.39 is 0 Å². The molecule has 4 nitrogen and oxygen atoms in total. The molecule has 0 aliphatic carbocycles. The van der Waals surface area contributed by atoms with Gasteiger partial charge in [0.1, 0.15) is 11.8 Å². The number of phenolic OH excluding ortho intramolecular Hbond substituents is 1. The maximum atomic E-state index is 10.3. The molecule has 19 heavy (non-hydrogen) atoms. The molecule has 0 spiro atoms. The normalized spacial score (nSPS) is 14.2. The van der Waals surface area contributed by atoms with Gasteiger partial charge in [-0.3, -0.25) is 4.99 Å². The fraction of sp³-hybridized carbons (Fsp3) is 0.286. The van der Waals surface area contributed by atoms with E-state index in [9.17, 15) is 5.11 Å². The number of benzene rings is 1. The fourth-order valence-corrected chi connectivity index (χ4v) is 3.30. The highest BCUT2D eigenvalue weighted by Crippen LogP contribution is 2.39. The second-order valence-corrected chi connectivity index (χ2v) is 5.50. The Morgan fingerprint density at radius 3 is 3.05 bits per heavy atom. The van der Waals surface area contributed by atoms with Crippen molar-refractivity contribution in [2.45, 2.75) is 19.9 Å². The number of aromatic nitrogens is 1. The van der Waals surface area contributed by atoms with Crippen LogP contribution in [0, 0.1) is 18.3 Å². The maximum Gasteiger partial charge on any atom is 0.143 e. The fourth-order valence-electron chi connectivity index (χ4n) is 2.65. The van der Waals surface area contributed by atoms with Crippen molar-refractivity contribution in [3.63, 3.8) is 0 Å². The van der Waals surface area contributed by atoms with E-state index >= 15 is 0 Å². The highest BCUT2D eigenvalue weighted by atomic mass is 79.9. The van der Waals surface area contributed by atoms with Gasteiger partial charge in [-0.1, -0.05) is 0 Å². The molecule has 3 rings (SSSR count). The zero-order chi connectivity index (χ0) is 13.6. The number of hydrogen-bond donors (Lipinski definition) is 1. The van der Waals surface area contributed by atoms with E-state index in [0.29, 0.717) is 5.56 Å². The average molecular weight is 318 g/mol. The van der Waals surface area contributed by atoms with Gasteiger partial charge in [-0.05, 0) is 40.9 Å². The number of aliphatic imine (C=N–C) groups is 1. The third-order valence-electron chi connectivity index (χ3n) is 3.55. The van der Waals surface area contributed by atoms with Gasteiger partial charge in [0.05, 0.1) is 16.8 Å². The third kappa shape index (κ3) is 1.67. The van der Waals surface area contributed by atoms with Crippen LogP contribution in [0.25, 0.3) is 10.9 Å². The Hall–Kier alpha value is -1.80. The zero-order valence-corrected chi connectivity index (χ0v) is 12.0. The van der Waals surface area contributed by atoms with Crippen LogP contribution < -0.4 is 0 Å². The SMILES string of the molecule is Cc1c2n(c3c(Br)cc(C#N)c(O)c13)CCCN=C2. The molecule has 1 aliphatic heterocycles. The van der Waals surface area contributed by atoms with Crippen molar-refractivity contribution in [3.8, 4) is 11.8 Å². The van der Waals surface area contributed by atoms with Gasteiger partial charge in [-0.25, -0.2) is 0 Å². The molecular formula is C14H12BrN3O. The Kier molecular flexibility index (Phi) is 2.83. The number of nitriles is 1. The van der Waals surface area contributed by atoms with Gasteiger partial charge in [0, 0.05) is 29.2 Å². The summed E-state index contributed by atoms with van der Waals surface area (Å²) in [4.78, 5) is 4.36. The first-order valence-electron chi connectivity index (χ1n) is 6.09. The Balaban J connectivity index is 2.50. The summed E-state index contributed by atoms with van der Waals surface area (Å²) in [6, 6.07) is 3.70. The lowest BCUT2D eigenvalue weighted by Crippen LogP contribution is -2.01. The molecule has 1 aromatic carbocycles. The lowest BCUT2D eigenvalue weighted by Gasteiger charge is -2.07. The summed E-state index contributed by atoms with van der Waals surface area (Å²) in [5.74, 6) is 0.0622. The minimum atomic E-state index is 0.0622. The predicted molar refractivity (Wildman–Crippen MR) is 77.8 cm³/mol. The molecule has 0 saturated carbocycles. The van der Waals surface area contributed by atoms with Crippen molar-refractivity contribution in [1.29, 1.82) is 5.26 Å². The molecule has 1 aromatic heterocycles. The number of halogens is 1. The number of hydrogen-bond acceptors (Lipinski definition) is 3. The van der Waals surface area contributed by atoms with Crippen LogP contribution in [0.1, 0.15) is 23.2 Å². The number of nitrogens with zero attached hydrogens (tertiary/aromatic N) is 3. The molecule has 1 aliphatic rings. The summed E-state index contributed by atoms with van der Waals surface area (Å²) in [5.41, 5.74) is 3.21. The second-order valence-electron chi connectivity index (χ2n) is 4.64. The van der Waals surface area contributed by atoms with Gasteiger partial charge in [0.2, 0.25) is 0 Å². The summed E-state index contributed by atoms with van der Waals surface area (Å²) in [5, 5.41) is 20.1. The maximum absolute atomic E-state index is 10.3. The van der Waals surface area contributed by atoms with Gasteiger partial charge in [0.15, 0.2) is 0 Å². The number of fused-ring (bicyclic) bond motifs is 3. The molecule has 2 heterocycles. The molecule has 0 unspecified atom stereocenters.